The van der Waals surface area contributed by atoms with E-state index in [0.717, 1.165) is 31.9 Å². The first kappa shape index (κ1) is 24.1. The number of carbonyl (C=O) groups excluding carboxylic acids is 1. The number of hydrogen-bond donors (Lipinski definition) is 2. The molecule has 13 nitrogen and oxygen atoms in total. The van der Waals surface area contributed by atoms with Gasteiger partial charge in [0.05, 0.1) is 17.1 Å². The molecule has 1 atom stereocenters. The van der Waals surface area contributed by atoms with Crippen molar-refractivity contribution < 1.29 is 19.2 Å². The monoisotopic (exact) mass is 517 g/mol. The lowest BCUT2D eigenvalue weighted by atomic mass is 9.98. The Morgan fingerprint density at radius 2 is 1.82 bits per heavy atom. The molecule has 0 aromatic carbocycles. The molecular weight excluding hydrogens is 490 g/mol. The van der Waals surface area contributed by atoms with E-state index in [1.54, 1.807) is 36.1 Å². The molecule has 0 spiro atoms. The lowest BCUT2D eigenvalue weighted by Crippen LogP contribution is -2.35. The van der Waals surface area contributed by atoms with Crippen LogP contribution in [0.25, 0.3) is 22.8 Å². The van der Waals surface area contributed by atoms with E-state index in [1.165, 1.54) is 4.90 Å². The highest BCUT2D eigenvalue weighted by atomic mass is 16.5. The fraction of sp³-hybridized carbons (Fsp3) is 0.400. The Kier molecular flexibility index (Phi) is 6.08. The zero-order valence-corrected chi connectivity index (χ0v) is 21.0. The maximum Gasteiger partial charge on any atom is 0.262 e. The van der Waals surface area contributed by atoms with Crippen molar-refractivity contribution in [1.82, 2.24) is 39.8 Å². The summed E-state index contributed by atoms with van der Waals surface area (Å²) in [5.74, 6) is 1.66. The second-order valence-corrected chi connectivity index (χ2v) is 9.52. The molecule has 2 N–H and O–H groups in total. The summed E-state index contributed by atoms with van der Waals surface area (Å²) >= 11 is 0. The van der Waals surface area contributed by atoms with Gasteiger partial charge in [-0.2, -0.15) is 10.1 Å². The van der Waals surface area contributed by atoms with Gasteiger partial charge in [0.1, 0.15) is 5.69 Å². The van der Waals surface area contributed by atoms with Crippen molar-refractivity contribution in [2.45, 2.75) is 30.8 Å². The maximum atomic E-state index is 12.4. The first-order chi connectivity index (χ1) is 18.4. The summed E-state index contributed by atoms with van der Waals surface area (Å²) in [6, 6.07) is 8.74. The zero-order valence-electron chi connectivity index (χ0n) is 21.0. The van der Waals surface area contributed by atoms with Crippen LogP contribution in [0, 0.1) is 0 Å². The minimum absolute atomic E-state index is 0.103. The Morgan fingerprint density at radius 3 is 2.58 bits per heavy atom. The average molecular weight is 518 g/mol. The fourth-order valence-electron chi connectivity index (χ4n) is 4.70. The number of nitrogens with one attached hydrogen (secondary N) is 1. The standard InChI is InChI=1S/C25H27N9O4/c1-33-11-9-25(36,22(33)35)20-14-19(32-38-20)17-5-3-4-16(27-17)18-6-10-26-23(28-18)30-24-29-21(31-34(24)2)15-7-12-37-13-8-15/h3-6,10,14-15,36H,7-9,11-13H2,1-2H3,(H,26,28,29,30,31). The number of amides is 1. The Morgan fingerprint density at radius 1 is 1.05 bits per heavy atom. The number of rotatable bonds is 6. The van der Waals surface area contributed by atoms with Gasteiger partial charge >= 0.3 is 0 Å². The summed E-state index contributed by atoms with van der Waals surface area (Å²) < 4.78 is 12.5. The van der Waals surface area contributed by atoms with Crippen LogP contribution in [0.5, 0.6) is 0 Å². The third-order valence-electron chi connectivity index (χ3n) is 6.95. The molecule has 2 fully saturated rings. The predicted octanol–water partition coefficient (Wildman–Crippen LogP) is 2.01. The summed E-state index contributed by atoms with van der Waals surface area (Å²) in [6.07, 6.45) is 3.68. The van der Waals surface area contributed by atoms with Crippen molar-refractivity contribution in [2.24, 2.45) is 7.05 Å². The Hall–Kier alpha value is -4.23. The summed E-state index contributed by atoms with van der Waals surface area (Å²) in [5.41, 5.74) is 0.391. The minimum atomic E-state index is -1.71. The maximum absolute atomic E-state index is 12.4. The molecule has 6 rings (SSSR count). The largest absolute Gasteiger partial charge is 0.381 e. The molecular formula is C25H27N9O4. The Labute approximate surface area is 217 Å². The van der Waals surface area contributed by atoms with Crippen LogP contribution >= 0.6 is 0 Å². The first-order valence-corrected chi connectivity index (χ1v) is 12.4. The summed E-state index contributed by atoms with van der Waals surface area (Å²) in [5, 5.41) is 22.6. The van der Waals surface area contributed by atoms with E-state index >= 15 is 0 Å². The van der Waals surface area contributed by atoms with Gasteiger partial charge in [-0.1, -0.05) is 11.2 Å². The lowest BCUT2D eigenvalue weighted by molar-refractivity contribution is -0.144. The van der Waals surface area contributed by atoms with E-state index in [2.05, 4.69) is 35.5 Å². The number of aromatic nitrogens is 7. The van der Waals surface area contributed by atoms with Gasteiger partial charge in [0.25, 0.3) is 5.91 Å². The third kappa shape index (κ3) is 4.39. The lowest BCUT2D eigenvalue weighted by Gasteiger charge is -2.18. The number of hydrogen-bond acceptors (Lipinski definition) is 11. The molecule has 196 valence electrons. The highest BCUT2D eigenvalue weighted by Crippen LogP contribution is 2.34. The van der Waals surface area contributed by atoms with Gasteiger partial charge in [0.15, 0.2) is 11.6 Å². The van der Waals surface area contributed by atoms with E-state index < -0.39 is 11.5 Å². The van der Waals surface area contributed by atoms with Crippen LogP contribution in [-0.2, 0) is 22.2 Å². The predicted molar refractivity (Wildman–Crippen MR) is 134 cm³/mol. The van der Waals surface area contributed by atoms with Crippen LogP contribution in [0.2, 0.25) is 0 Å². The van der Waals surface area contributed by atoms with Crippen molar-refractivity contribution in [1.29, 1.82) is 0 Å². The topological polar surface area (TPSA) is 157 Å². The average Bonchev–Trinajstić information content (AvgIpc) is 3.66. The van der Waals surface area contributed by atoms with Gasteiger partial charge in [0, 0.05) is 58.5 Å². The molecule has 13 heteroatoms. The number of anilines is 2. The quantitative estimate of drug-likeness (QED) is 0.385. The molecule has 0 aliphatic carbocycles. The smallest absolute Gasteiger partial charge is 0.262 e. The normalized spacial score (nSPS) is 20.3. The summed E-state index contributed by atoms with van der Waals surface area (Å²) in [6.45, 7) is 1.87. The van der Waals surface area contributed by atoms with Crippen LogP contribution in [0.3, 0.4) is 0 Å². The third-order valence-corrected chi connectivity index (χ3v) is 6.95. The second kappa shape index (κ2) is 9.58. The van der Waals surface area contributed by atoms with Gasteiger partial charge in [0.2, 0.25) is 17.5 Å². The number of ether oxygens (including phenoxy) is 1. The van der Waals surface area contributed by atoms with Crippen molar-refractivity contribution in [2.75, 3.05) is 32.1 Å². The Bertz CT molecular complexity index is 1480. The van der Waals surface area contributed by atoms with Crippen LogP contribution < -0.4 is 5.32 Å². The van der Waals surface area contributed by atoms with Gasteiger partial charge in [-0.3, -0.25) is 10.1 Å². The SMILES string of the molecule is CN1CCC(O)(c2cc(-c3cccc(-c4ccnc(Nc5nc(C6CCOCC6)nn5C)n4)n3)no2)C1=O. The van der Waals surface area contributed by atoms with Gasteiger partial charge in [-0.15, -0.1) is 0 Å². The van der Waals surface area contributed by atoms with E-state index in [-0.39, 0.29) is 18.1 Å². The number of aryl methyl sites for hydroxylation is 1. The van der Waals surface area contributed by atoms with E-state index in [0.29, 0.717) is 41.2 Å². The van der Waals surface area contributed by atoms with Crippen molar-refractivity contribution in [3.8, 4) is 22.8 Å². The molecule has 4 aromatic heterocycles. The molecule has 4 aromatic rings. The molecule has 2 aliphatic rings. The van der Waals surface area contributed by atoms with Crippen molar-refractivity contribution >= 4 is 17.8 Å². The fourth-order valence-corrected chi connectivity index (χ4v) is 4.70. The second-order valence-electron chi connectivity index (χ2n) is 9.52. The molecule has 2 saturated heterocycles. The molecule has 0 saturated carbocycles. The molecule has 0 radical (unpaired) electrons. The van der Waals surface area contributed by atoms with Crippen LogP contribution in [-0.4, -0.2) is 77.6 Å². The van der Waals surface area contributed by atoms with Gasteiger partial charge in [-0.05, 0) is 31.0 Å². The zero-order chi connectivity index (χ0) is 26.3. The molecule has 6 heterocycles. The van der Waals surface area contributed by atoms with Crippen LogP contribution in [0.1, 0.15) is 36.8 Å². The highest BCUT2D eigenvalue weighted by Gasteiger charge is 2.48. The minimum Gasteiger partial charge on any atom is -0.381 e. The van der Waals surface area contributed by atoms with E-state index in [9.17, 15) is 9.90 Å². The number of carbonyl (C=O) groups is 1. The number of nitrogens with zero attached hydrogens (tertiary/aromatic N) is 8. The first-order valence-electron chi connectivity index (χ1n) is 12.4. The summed E-state index contributed by atoms with van der Waals surface area (Å²) in [7, 11) is 3.47. The number of likely N-dealkylation sites (N-methyl/N-ethyl adjacent to an activating group) is 1. The number of pyridine rings is 1. The molecule has 1 unspecified atom stereocenters. The van der Waals surface area contributed by atoms with E-state index in [4.69, 9.17) is 9.26 Å². The van der Waals surface area contributed by atoms with Crippen molar-refractivity contribution in [3.63, 3.8) is 0 Å². The molecule has 38 heavy (non-hydrogen) atoms. The summed E-state index contributed by atoms with van der Waals surface area (Å²) in [4.78, 5) is 32.2. The molecule has 0 bridgehead atoms. The number of likely N-dealkylation sites (tertiary alicyclic amines) is 1. The van der Waals surface area contributed by atoms with E-state index in [1.807, 2.05) is 19.2 Å². The molecule has 2 aliphatic heterocycles. The molecule has 1 amide bonds. The van der Waals surface area contributed by atoms with Gasteiger partial charge in [-0.25, -0.2) is 19.6 Å². The van der Waals surface area contributed by atoms with Crippen LogP contribution in [0.4, 0.5) is 11.9 Å². The van der Waals surface area contributed by atoms with Gasteiger partial charge < -0.3 is 19.3 Å². The highest BCUT2D eigenvalue weighted by molar-refractivity contribution is 5.87. The van der Waals surface area contributed by atoms with Crippen molar-refractivity contribution in [3.05, 3.63) is 48.1 Å². The Balaban J connectivity index is 1.22. The van der Waals surface area contributed by atoms with Crippen LogP contribution in [0.15, 0.2) is 41.1 Å². The number of aliphatic hydroxyl groups is 1.